The second-order valence-corrected chi connectivity index (χ2v) is 3.38. The smallest absolute Gasteiger partial charge is 0.217 e. The molecular formula is C9H15N3O4. The van der Waals surface area contributed by atoms with Gasteiger partial charge in [0.2, 0.25) is 5.85 Å². The Morgan fingerprint density at radius 1 is 1.06 bits per heavy atom. The minimum absolute atomic E-state index is 0.208. The Bertz CT molecular complexity index is 305. The van der Waals surface area contributed by atoms with Gasteiger partial charge in [-0.3, -0.25) is 0 Å². The van der Waals surface area contributed by atoms with Crippen LogP contribution in [-0.4, -0.2) is 26.6 Å². The second kappa shape index (κ2) is 5.87. The number of rotatable bonds is 6. The molecule has 0 aliphatic heterocycles. The van der Waals surface area contributed by atoms with Crippen LogP contribution in [-0.2, 0) is 0 Å². The van der Waals surface area contributed by atoms with E-state index in [1.807, 2.05) is 5.48 Å². The summed E-state index contributed by atoms with van der Waals surface area (Å²) < 4.78 is 0. The fourth-order valence-electron chi connectivity index (χ4n) is 1.34. The zero-order valence-electron chi connectivity index (χ0n) is 8.46. The number of benzene rings is 1. The van der Waals surface area contributed by atoms with E-state index in [1.54, 1.807) is 30.3 Å². The first-order valence-electron chi connectivity index (χ1n) is 4.64. The van der Waals surface area contributed by atoms with E-state index in [-0.39, 0.29) is 6.42 Å². The summed E-state index contributed by atoms with van der Waals surface area (Å²) in [6.45, 7) is 0. The predicted octanol–water partition coefficient (Wildman–Crippen LogP) is -0.300. The first-order valence-corrected chi connectivity index (χ1v) is 4.64. The Morgan fingerprint density at radius 2 is 1.62 bits per heavy atom. The summed E-state index contributed by atoms with van der Waals surface area (Å²) in [5.74, 6) is -2.10. The van der Waals surface area contributed by atoms with Crippen LogP contribution in [0.15, 0.2) is 30.3 Å². The van der Waals surface area contributed by atoms with Crippen molar-refractivity contribution in [2.24, 2.45) is 0 Å². The zero-order valence-corrected chi connectivity index (χ0v) is 8.46. The molecule has 0 bridgehead atoms. The highest BCUT2D eigenvalue weighted by molar-refractivity contribution is 5.18. The maximum absolute atomic E-state index is 9.52. The van der Waals surface area contributed by atoms with Crippen LogP contribution in [0.4, 0.5) is 0 Å². The topological polar surface area (TPSA) is 117 Å². The summed E-state index contributed by atoms with van der Waals surface area (Å²) in [7, 11) is 0. The molecule has 7 N–H and O–H groups in total. The Kier molecular flexibility index (Phi) is 4.77. The van der Waals surface area contributed by atoms with Gasteiger partial charge in [0.15, 0.2) is 0 Å². The zero-order chi connectivity index (χ0) is 12.0. The van der Waals surface area contributed by atoms with Gasteiger partial charge in [0, 0.05) is 6.42 Å². The van der Waals surface area contributed by atoms with Gasteiger partial charge in [-0.1, -0.05) is 30.3 Å². The van der Waals surface area contributed by atoms with Gasteiger partial charge in [0.25, 0.3) is 0 Å². The van der Waals surface area contributed by atoms with Gasteiger partial charge in [-0.2, -0.15) is 16.4 Å². The van der Waals surface area contributed by atoms with Crippen molar-refractivity contribution in [1.82, 2.24) is 16.4 Å². The highest BCUT2D eigenvalue weighted by atomic mass is 16.6. The molecule has 1 aromatic carbocycles. The van der Waals surface area contributed by atoms with Gasteiger partial charge < -0.3 is 20.7 Å². The van der Waals surface area contributed by atoms with Crippen LogP contribution in [0.25, 0.3) is 0 Å². The largest absolute Gasteiger partial charge is 0.360 e. The van der Waals surface area contributed by atoms with Crippen molar-refractivity contribution in [2.45, 2.75) is 18.3 Å². The molecule has 0 saturated carbocycles. The molecule has 0 aromatic heterocycles. The lowest BCUT2D eigenvalue weighted by Gasteiger charge is -2.28. The van der Waals surface area contributed by atoms with Crippen LogP contribution in [0.3, 0.4) is 0 Å². The number of hydroxylamine groups is 3. The maximum atomic E-state index is 9.52. The van der Waals surface area contributed by atoms with Crippen molar-refractivity contribution in [3.05, 3.63) is 35.9 Å². The molecule has 7 heteroatoms. The summed E-state index contributed by atoms with van der Waals surface area (Å²) in [6.07, 6.45) is -0.208. The van der Waals surface area contributed by atoms with Crippen LogP contribution in [0.1, 0.15) is 18.0 Å². The maximum Gasteiger partial charge on any atom is 0.217 e. The summed E-state index contributed by atoms with van der Waals surface area (Å²) >= 11 is 0. The lowest BCUT2D eigenvalue weighted by Crippen LogP contribution is -2.56. The van der Waals surface area contributed by atoms with E-state index in [0.717, 1.165) is 0 Å². The monoisotopic (exact) mass is 229 g/mol. The number of aliphatic hydroxyl groups is 1. The van der Waals surface area contributed by atoms with E-state index in [2.05, 4.69) is 0 Å². The molecule has 1 atom stereocenters. The van der Waals surface area contributed by atoms with Gasteiger partial charge in [-0.25, -0.2) is 0 Å². The van der Waals surface area contributed by atoms with E-state index >= 15 is 0 Å². The molecule has 1 aromatic rings. The molecule has 16 heavy (non-hydrogen) atoms. The van der Waals surface area contributed by atoms with Gasteiger partial charge in [0.05, 0.1) is 6.04 Å². The Balaban J connectivity index is 2.77. The lowest BCUT2D eigenvalue weighted by molar-refractivity contribution is -0.187. The highest BCUT2D eigenvalue weighted by Crippen LogP contribution is 2.20. The fourth-order valence-corrected chi connectivity index (χ4v) is 1.34. The standard InChI is InChI=1S/C9H15N3O4/c13-9(11-15,12-16)6-8(10-14)7-4-2-1-3-5-7/h1-5,8,10-16H,6H2/t8-/m1/s1. The summed E-state index contributed by atoms with van der Waals surface area (Å²) in [5, 5.41) is 35.8. The molecule has 1 rings (SSSR count). The van der Waals surface area contributed by atoms with Gasteiger partial charge in [-0.05, 0) is 5.56 Å². The normalized spacial score (nSPS) is 13.8. The molecule has 0 radical (unpaired) electrons. The predicted molar refractivity (Wildman–Crippen MR) is 53.5 cm³/mol. The van der Waals surface area contributed by atoms with Crippen molar-refractivity contribution in [3.63, 3.8) is 0 Å². The van der Waals surface area contributed by atoms with Crippen molar-refractivity contribution in [2.75, 3.05) is 0 Å². The molecule has 0 spiro atoms. The molecule has 0 fully saturated rings. The van der Waals surface area contributed by atoms with Crippen molar-refractivity contribution >= 4 is 0 Å². The van der Waals surface area contributed by atoms with Crippen LogP contribution >= 0.6 is 0 Å². The molecule has 90 valence electrons. The minimum atomic E-state index is -2.10. The van der Waals surface area contributed by atoms with E-state index in [4.69, 9.17) is 15.6 Å². The molecule has 7 nitrogen and oxygen atoms in total. The molecular weight excluding hydrogens is 214 g/mol. The minimum Gasteiger partial charge on any atom is -0.360 e. The third-order valence-electron chi connectivity index (χ3n) is 2.23. The molecule has 0 unspecified atom stereocenters. The first kappa shape index (κ1) is 13.0. The molecule has 0 aliphatic rings. The Hall–Kier alpha value is -1.06. The Morgan fingerprint density at radius 3 is 2.06 bits per heavy atom. The molecule has 0 saturated heterocycles. The van der Waals surface area contributed by atoms with E-state index < -0.39 is 11.9 Å². The van der Waals surface area contributed by atoms with Crippen LogP contribution in [0, 0.1) is 0 Å². The van der Waals surface area contributed by atoms with Gasteiger partial charge in [0.1, 0.15) is 0 Å². The van der Waals surface area contributed by atoms with Crippen LogP contribution in [0.2, 0.25) is 0 Å². The van der Waals surface area contributed by atoms with Gasteiger partial charge >= 0.3 is 0 Å². The third kappa shape index (κ3) is 3.22. The van der Waals surface area contributed by atoms with Gasteiger partial charge in [-0.15, -0.1) is 0 Å². The van der Waals surface area contributed by atoms with Crippen LogP contribution < -0.4 is 16.4 Å². The lowest BCUT2D eigenvalue weighted by atomic mass is 10.0. The summed E-state index contributed by atoms with van der Waals surface area (Å²) in [5.41, 5.74) is 5.68. The van der Waals surface area contributed by atoms with E-state index in [1.165, 1.54) is 11.0 Å². The van der Waals surface area contributed by atoms with Crippen molar-refractivity contribution in [3.8, 4) is 0 Å². The highest BCUT2D eigenvalue weighted by Gasteiger charge is 2.29. The molecule has 0 amide bonds. The van der Waals surface area contributed by atoms with Crippen molar-refractivity contribution < 1.29 is 20.7 Å². The van der Waals surface area contributed by atoms with Crippen molar-refractivity contribution in [1.29, 1.82) is 0 Å². The van der Waals surface area contributed by atoms with Crippen LogP contribution in [0.5, 0.6) is 0 Å². The number of hydrogen-bond donors (Lipinski definition) is 7. The number of nitrogens with one attached hydrogen (secondary N) is 3. The quantitative estimate of drug-likeness (QED) is 0.264. The SMILES string of the molecule is ON[C@H](CC(O)(NO)NO)c1ccccc1. The average Bonchev–Trinajstić information content (AvgIpc) is 2.36. The van der Waals surface area contributed by atoms with E-state index in [0.29, 0.717) is 5.56 Å². The first-order chi connectivity index (χ1) is 7.65. The number of hydrogen-bond acceptors (Lipinski definition) is 7. The summed E-state index contributed by atoms with van der Waals surface area (Å²) in [6, 6.07) is 8.12. The fraction of sp³-hybridized carbons (Fsp3) is 0.333. The average molecular weight is 229 g/mol. The van der Waals surface area contributed by atoms with E-state index in [9.17, 15) is 5.11 Å². The summed E-state index contributed by atoms with van der Waals surface area (Å²) in [4.78, 5) is 0. The Labute approximate surface area is 92.2 Å². The second-order valence-electron chi connectivity index (χ2n) is 3.38. The third-order valence-corrected chi connectivity index (χ3v) is 2.23. The molecule has 0 aliphatic carbocycles. The molecule has 0 heterocycles.